The summed E-state index contributed by atoms with van der Waals surface area (Å²) in [6.45, 7) is 1.52. The first kappa shape index (κ1) is 15.3. The maximum absolute atomic E-state index is 12.1. The third kappa shape index (κ3) is 3.71. The van der Waals surface area contributed by atoms with Gasteiger partial charge in [0.15, 0.2) is 0 Å². The van der Waals surface area contributed by atoms with Crippen LogP contribution in [0.3, 0.4) is 0 Å². The third-order valence-electron chi connectivity index (χ3n) is 2.67. The standard InChI is InChI=1S/C14H10Cl2N2O3/c1-7-11(14(20)21)2-3-12(17-7)13(19)18-10-5-8(15)4-9(16)6-10/h2-6H,1H3,(H,18,19)(H,20,21). The number of carbonyl (C=O) groups excluding carboxylic acids is 1. The summed E-state index contributed by atoms with van der Waals surface area (Å²) in [6, 6.07) is 7.32. The number of aromatic nitrogens is 1. The largest absolute Gasteiger partial charge is 0.478 e. The summed E-state index contributed by atoms with van der Waals surface area (Å²) in [4.78, 5) is 26.9. The van der Waals surface area contributed by atoms with E-state index in [9.17, 15) is 9.59 Å². The molecule has 1 aromatic carbocycles. The van der Waals surface area contributed by atoms with E-state index in [2.05, 4.69) is 10.3 Å². The Morgan fingerprint density at radius 1 is 1.14 bits per heavy atom. The number of aryl methyl sites for hydroxylation is 1. The molecule has 7 heteroatoms. The molecule has 1 heterocycles. The van der Waals surface area contributed by atoms with Gasteiger partial charge in [-0.15, -0.1) is 0 Å². The molecule has 2 N–H and O–H groups in total. The molecule has 0 fully saturated rings. The number of rotatable bonds is 3. The van der Waals surface area contributed by atoms with Crippen molar-refractivity contribution in [1.29, 1.82) is 0 Å². The summed E-state index contributed by atoms with van der Waals surface area (Å²) >= 11 is 11.7. The highest BCUT2D eigenvalue weighted by atomic mass is 35.5. The molecule has 108 valence electrons. The molecule has 0 aliphatic carbocycles. The predicted octanol–water partition coefficient (Wildman–Crippen LogP) is 3.65. The molecule has 0 saturated carbocycles. The number of halogens is 2. The van der Waals surface area contributed by atoms with Gasteiger partial charge in [-0.3, -0.25) is 4.79 Å². The van der Waals surface area contributed by atoms with Gasteiger partial charge < -0.3 is 10.4 Å². The normalized spacial score (nSPS) is 10.2. The monoisotopic (exact) mass is 324 g/mol. The Bertz CT molecular complexity index is 712. The highest BCUT2D eigenvalue weighted by molar-refractivity contribution is 6.35. The van der Waals surface area contributed by atoms with Gasteiger partial charge in [-0.25, -0.2) is 9.78 Å². The molecular formula is C14H10Cl2N2O3. The Labute approximate surface area is 130 Å². The van der Waals surface area contributed by atoms with Crippen LogP contribution in [0.25, 0.3) is 0 Å². The van der Waals surface area contributed by atoms with Gasteiger partial charge in [0.05, 0.1) is 11.3 Å². The Kier molecular flexibility index (Phi) is 4.45. The molecule has 21 heavy (non-hydrogen) atoms. The van der Waals surface area contributed by atoms with Gasteiger partial charge in [-0.1, -0.05) is 23.2 Å². The van der Waals surface area contributed by atoms with Crippen LogP contribution in [0.15, 0.2) is 30.3 Å². The molecule has 2 aromatic rings. The summed E-state index contributed by atoms with van der Waals surface area (Å²) in [7, 11) is 0. The van der Waals surface area contributed by atoms with Crippen molar-refractivity contribution in [3.8, 4) is 0 Å². The second-order valence-corrected chi connectivity index (χ2v) is 5.12. The van der Waals surface area contributed by atoms with Gasteiger partial charge in [-0.2, -0.15) is 0 Å². The van der Waals surface area contributed by atoms with Crippen LogP contribution in [-0.2, 0) is 0 Å². The maximum atomic E-state index is 12.1. The molecule has 0 aliphatic rings. The Morgan fingerprint density at radius 3 is 2.29 bits per heavy atom. The van der Waals surface area contributed by atoms with Gasteiger partial charge in [0.25, 0.3) is 5.91 Å². The Balaban J connectivity index is 2.24. The van der Waals surface area contributed by atoms with E-state index in [4.69, 9.17) is 28.3 Å². The topological polar surface area (TPSA) is 79.3 Å². The number of anilines is 1. The number of carboxylic acids is 1. The lowest BCUT2D eigenvalue weighted by atomic mass is 10.2. The molecule has 1 aromatic heterocycles. The van der Waals surface area contributed by atoms with Gasteiger partial charge in [0.2, 0.25) is 0 Å². The summed E-state index contributed by atoms with van der Waals surface area (Å²) in [5.41, 5.74) is 0.851. The van der Waals surface area contributed by atoms with Gasteiger partial charge in [0.1, 0.15) is 5.69 Å². The van der Waals surface area contributed by atoms with Crippen molar-refractivity contribution in [3.63, 3.8) is 0 Å². The lowest BCUT2D eigenvalue weighted by molar-refractivity contribution is 0.0695. The van der Waals surface area contributed by atoms with Crippen molar-refractivity contribution in [2.75, 3.05) is 5.32 Å². The zero-order valence-electron chi connectivity index (χ0n) is 10.9. The molecule has 2 rings (SSSR count). The fourth-order valence-electron chi connectivity index (χ4n) is 1.73. The highest BCUT2D eigenvalue weighted by Crippen LogP contribution is 2.22. The van der Waals surface area contributed by atoms with E-state index >= 15 is 0 Å². The van der Waals surface area contributed by atoms with Crippen LogP contribution in [0.5, 0.6) is 0 Å². The number of amides is 1. The van der Waals surface area contributed by atoms with Crippen LogP contribution in [0.4, 0.5) is 5.69 Å². The minimum absolute atomic E-state index is 0.0531. The van der Waals surface area contributed by atoms with Gasteiger partial charge in [-0.05, 0) is 37.3 Å². The van der Waals surface area contributed by atoms with E-state index < -0.39 is 11.9 Å². The van der Waals surface area contributed by atoms with E-state index in [1.807, 2.05) is 0 Å². The SMILES string of the molecule is Cc1nc(C(=O)Nc2cc(Cl)cc(Cl)c2)ccc1C(=O)O. The second kappa shape index (κ2) is 6.11. The summed E-state index contributed by atoms with van der Waals surface area (Å²) in [5, 5.41) is 12.3. The number of carboxylic acid groups (broad SMARTS) is 1. The number of pyridine rings is 1. The van der Waals surface area contributed by atoms with Crippen LogP contribution in [0.2, 0.25) is 10.0 Å². The molecule has 0 radical (unpaired) electrons. The number of benzene rings is 1. The van der Waals surface area contributed by atoms with Crippen LogP contribution >= 0.6 is 23.2 Å². The molecule has 0 aliphatic heterocycles. The average Bonchev–Trinajstić information content (AvgIpc) is 2.36. The van der Waals surface area contributed by atoms with E-state index in [1.165, 1.54) is 19.1 Å². The maximum Gasteiger partial charge on any atom is 0.337 e. The van der Waals surface area contributed by atoms with E-state index in [1.54, 1.807) is 18.2 Å². The number of nitrogens with one attached hydrogen (secondary N) is 1. The molecule has 0 atom stereocenters. The summed E-state index contributed by atoms with van der Waals surface area (Å²) in [5.74, 6) is -1.57. The van der Waals surface area contributed by atoms with Crippen LogP contribution in [0.1, 0.15) is 26.5 Å². The van der Waals surface area contributed by atoms with E-state index in [-0.39, 0.29) is 17.0 Å². The number of carbonyl (C=O) groups is 2. The first-order valence-electron chi connectivity index (χ1n) is 5.85. The molecule has 0 saturated heterocycles. The third-order valence-corrected chi connectivity index (χ3v) is 3.11. The van der Waals surface area contributed by atoms with Crippen LogP contribution < -0.4 is 5.32 Å². The van der Waals surface area contributed by atoms with Crippen molar-refractivity contribution in [2.45, 2.75) is 6.92 Å². The van der Waals surface area contributed by atoms with Crippen molar-refractivity contribution >= 4 is 40.8 Å². The lowest BCUT2D eigenvalue weighted by Gasteiger charge is -2.07. The minimum Gasteiger partial charge on any atom is -0.478 e. The van der Waals surface area contributed by atoms with E-state index in [0.29, 0.717) is 15.7 Å². The number of aromatic carboxylic acids is 1. The van der Waals surface area contributed by atoms with Crippen LogP contribution in [-0.4, -0.2) is 22.0 Å². The predicted molar refractivity (Wildman–Crippen MR) is 80.3 cm³/mol. The minimum atomic E-state index is -1.09. The second-order valence-electron chi connectivity index (χ2n) is 4.25. The molecule has 0 bridgehead atoms. The fraction of sp³-hybridized carbons (Fsp3) is 0.0714. The molecule has 0 spiro atoms. The lowest BCUT2D eigenvalue weighted by Crippen LogP contribution is -2.15. The van der Waals surface area contributed by atoms with Crippen molar-refractivity contribution in [3.05, 3.63) is 57.3 Å². The first-order valence-corrected chi connectivity index (χ1v) is 6.61. The Morgan fingerprint density at radius 2 is 1.76 bits per heavy atom. The summed E-state index contributed by atoms with van der Waals surface area (Å²) < 4.78 is 0. The molecule has 0 unspecified atom stereocenters. The highest BCUT2D eigenvalue weighted by Gasteiger charge is 2.13. The Hall–Kier alpha value is -2.11. The number of hydrogen-bond donors (Lipinski definition) is 2. The zero-order chi connectivity index (χ0) is 15.6. The average molecular weight is 325 g/mol. The van der Waals surface area contributed by atoms with Crippen molar-refractivity contribution < 1.29 is 14.7 Å². The smallest absolute Gasteiger partial charge is 0.337 e. The zero-order valence-corrected chi connectivity index (χ0v) is 12.4. The summed E-state index contributed by atoms with van der Waals surface area (Å²) in [6.07, 6.45) is 0. The van der Waals surface area contributed by atoms with E-state index in [0.717, 1.165) is 0 Å². The fourth-order valence-corrected chi connectivity index (χ4v) is 2.26. The molecule has 5 nitrogen and oxygen atoms in total. The number of hydrogen-bond acceptors (Lipinski definition) is 3. The van der Waals surface area contributed by atoms with Crippen LogP contribution in [0, 0.1) is 6.92 Å². The molecular weight excluding hydrogens is 315 g/mol. The quantitative estimate of drug-likeness (QED) is 0.903. The first-order chi connectivity index (χ1) is 9.86. The van der Waals surface area contributed by atoms with Gasteiger partial charge >= 0.3 is 5.97 Å². The van der Waals surface area contributed by atoms with Crippen molar-refractivity contribution in [2.24, 2.45) is 0 Å². The number of nitrogens with zero attached hydrogens (tertiary/aromatic N) is 1. The van der Waals surface area contributed by atoms with Crippen molar-refractivity contribution in [1.82, 2.24) is 4.98 Å². The van der Waals surface area contributed by atoms with Gasteiger partial charge in [0, 0.05) is 15.7 Å². The molecule has 1 amide bonds.